The van der Waals surface area contributed by atoms with Crippen molar-refractivity contribution in [2.24, 2.45) is 0 Å². The Hall–Kier alpha value is -6.30. The van der Waals surface area contributed by atoms with Gasteiger partial charge in [0, 0.05) is 55.1 Å². The molecule has 1 saturated heterocycles. The van der Waals surface area contributed by atoms with Gasteiger partial charge in [0.2, 0.25) is 0 Å². The number of hydrogen-bond donors (Lipinski definition) is 0. The highest BCUT2D eigenvalue weighted by Crippen LogP contribution is 2.64. The number of methoxy groups -OCH3 is 1. The van der Waals surface area contributed by atoms with Gasteiger partial charge in [-0.15, -0.1) is 0 Å². The van der Waals surface area contributed by atoms with Gasteiger partial charge in [0.25, 0.3) is 0 Å². The van der Waals surface area contributed by atoms with Gasteiger partial charge in [-0.1, -0.05) is 127 Å². The quantitative estimate of drug-likeness (QED) is 0.163. The Balaban J connectivity index is 1.37. The maximum absolute atomic E-state index is 7.92. The van der Waals surface area contributed by atoms with Crippen molar-refractivity contribution >= 4 is 28.2 Å². The van der Waals surface area contributed by atoms with Crippen LogP contribution < -0.4 is 19.3 Å². The van der Waals surface area contributed by atoms with E-state index in [1.165, 1.54) is 33.2 Å². The molecule has 1 atom stereocenters. The van der Waals surface area contributed by atoms with Gasteiger partial charge in [-0.25, -0.2) is 0 Å². The third-order valence-electron chi connectivity index (χ3n) is 12.1. The van der Waals surface area contributed by atoms with E-state index < -0.39 is 11.0 Å². The summed E-state index contributed by atoms with van der Waals surface area (Å²) in [6, 6.07) is 55.0. The number of rotatable bonds is 7. The smallest absolute Gasteiger partial charge is 0.178 e. The van der Waals surface area contributed by atoms with Crippen LogP contribution in [0.4, 0.5) is 11.4 Å². The number of benzene rings is 7. The van der Waals surface area contributed by atoms with Gasteiger partial charge in [-0.2, -0.15) is 0 Å². The van der Waals surface area contributed by atoms with Crippen LogP contribution in [0, 0.1) is 0 Å². The number of fused-ring (bicyclic) bond motifs is 8. The van der Waals surface area contributed by atoms with Crippen LogP contribution >= 0.6 is 0 Å². The maximum atomic E-state index is 7.92. The fraction of sp³-hybridized carbons (Fsp3) is 0.176. The van der Waals surface area contributed by atoms with Crippen LogP contribution in [0.1, 0.15) is 38.9 Å². The van der Waals surface area contributed by atoms with E-state index in [0.717, 1.165) is 63.6 Å². The molecule has 5 heteroatoms. The summed E-state index contributed by atoms with van der Waals surface area (Å²) < 4.78 is 20.0. The van der Waals surface area contributed by atoms with Gasteiger partial charge in [0.05, 0.1) is 31.4 Å². The summed E-state index contributed by atoms with van der Waals surface area (Å²) in [7, 11) is 5.93. The predicted octanol–water partition coefficient (Wildman–Crippen LogP) is 10.5. The van der Waals surface area contributed by atoms with Crippen molar-refractivity contribution in [3.05, 3.63) is 197 Å². The van der Waals surface area contributed by atoms with Crippen LogP contribution in [-0.2, 0) is 15.8 Å². The minimum absolute atomic E-state index is 0.686. The zero-order valence-corrected chi connectivity index (χ0v) is 32.0. The number of morpholine rings is 1. The molecule has 7 aromatic rings. The van der Waals surface area contributed by atoms with Gasteiger partial charge in [-0.3, -0.25) is 0 Å². The summed E-state index contributed by atoms with van der Waals surface area (Å²) in [5, 5.41) is 2.28. The number of anilines is 2. The summed E-state index contributed by atoms with van der Waals surface area (Å²) in [6.07, 6.45) is 4.57. The fourth-order valence-electron chi connectivity index (χ4n) is 9.50. The van der Waals surface area contributed by atoms with Crippen molar-refractivity contribution in [2.75, 3.05) is 57.3 Å². The lowest BCUT2D eigenvalue weighted by atomic mass is 9.66. The Bertz CT molecular complexity index is 2560. The van der Waals surface area contributed by atoms with Crippen LogP contribution in [-0.4, -0.2) is 47.5 Å². The molecule has 0 amide bonds. The number of nitrogens with zero attached hydrogens (tertiary/aromatic N) is 2. The lowest BCUT2D eigenvalue weighted by Gasteiger charge is -2.41. The van der Waals surface area contributed by atoms with E-state index in [4.69, 9.17) is 14.2 Å². The molecular weight excluding hydrogens is 689 g/mol. The molecule has 0 aromatic heterocycles. The molecule has 2 aliphatic heterocycles. The molecule has 56 heavy (non-hydrogen) atoms. The summed E-state index contributed by atoms with van der Waals surface area (Å²) in [5.41, 5.74) is 11.0. The third kappa shape index (κ3) is 5.04. The van der Waals surface area contributed by atoms with E-state index in [0.29, 0.717) is 13.2 Å². The molecule has 7 aromatic carbocycles. The minimum atomic E-state index is -0.910. The van der Waals surface area contributed by atoms with E-state index in [2.05, 4.69) is 188 Å². The molecular formula is C51H44N2O3. The molecule has 1 unspecified atom stereocenters. The van der Waals surface area contributed by atoms with Crippen LogP contribution in [0.25, 0.3) is 28.0 Å². The summed E-state index contributed by atoms with van der Waals surface area (Å²) in [4.78, 5) is 4.54. The molecule has 0 radical (unpaired) electrons. The molecule has 3 aliphatic rings. The second-order valence-electron chi connectivity index (χ2n) is 15.2. The highest BCUT2D eigenvalue weighted by atomic mass is 16.5. The average Bonchev–Trinajstić information content (AvgIpc) is 3.59. The van der Waals surface area contributed by atoms with E-state index in [1.54, 1.807) is 7.11 Å². The molecule has 0 saturated carbocycles. The largest absolute Gasteiger partial charge is 0.495 e. The third-order valence-corrected chi connectivity index (χ3v) is 12.1. The first-order valence-corrected chi connectivity index (χ1v) is 19.5. The molecule has 1 fully saturated rings. The lowest BCUT2D eigenvalue weighted by Crippen LogP contribution is -2.37. The van der Waals surface area contributed by atoms with Crippen LogP contribution in [0.15, 0.2) is 158 Å². The van der Waals surface area contributed by atoms with Gasteiger partial charge in [-0.05, 0) is 75.0 Å². The van der Waals surface area contributed by atoms with E-state index in [1.807, 2.05) is 0 Å². The van der Waals surface area contributed by atoms with Gasteiger partial charge in [0.15, 0.2) is 5.60 Å². The van der Waals surface area contributed by atoms with Crippen molar-refractivity contribution in [3.8, 4) is 22.6 Å². The van der Waals surface area contributed by atoms with Crippen molar-refractivity contribution < 1.29 is 14.2 Å². The average molecular weight is 733 g/mol. The number of ether oxygens (including phenoxy) is 3. The maximum Gasteiger partial charge on any atom is 0.178 e. The lowest BCUT2D eigenvalue weighted by molar-refractivity contribution is 0.122. The Morgan fingerprint density at radius 3 is 1.86 bits per heavy atom. The number of hydrogen-bond acceptors (Lipinski definition) is 5. The first-order chi connectivity index (χ1) is 27.5. The second kappa shape index (κ2) is 13.5. The highest BCUT2D eigenvalue weighted by molar-refractivity contribution is 6.11. The summed E-state index contributed by atoms with van der Waals surface area (Å²) in [6.45, 7) is 2.98. The normalized spacial score (nSPS) is 17.8. The van der Waals surface area contributed by atoms with Crippen molar-refractivity contribution in [1.29, 1.82) is 0 Å². The van der Waals surface area contributed by atoms with Crippen molar-refractivity contribution in [1.82, 2.24) is 0 Å². The van der Waals surface area contributed by atoms with E-state index in [-0.39, 0.29) is 0 Å². The molecule has 276 valence electrons. The van der Waals surface area contributed by atoms with E-state index >= 15 is 0 Å². The zero-order chi connectivity index (χ0) is 37.9. The topological polar surface area (TPSA) is 34.2 Å². The van der Waals surface area contributed by atoms with Gasteiger partial charge >= 0.3 is 0 Å². The zero-order valence-electron chi connectivity index (χ0n) is 32.0. The Labute approximate surface area is 329 Å². The Morgan fingerprint density at radius 2 is 1.23 bits per heavy atom. The molecule has 0 spiro atoms. The second-order valence-corrected chi connectivity index (χ2v) is 15.2. The summed E-state index contributed by atoms with van der Waals surface area (Å²) >= 11 is 0. The molecule has 10 rings (SSSR count). The van der Waals surface area contributed by atoms with Gasteiger partial charge in [0.1, 0.15) is 11.5 Å². The standard InChI is InChI=1S/C51H44N2O3/c1-52(2)39-25-23-36(24-26-39)50(35-15-7-4-8-16-35)28-27-40-42-34-46(54-3)45(53-29-31-55-32-30-53)33-43(42)47-41-21-13-14-22-44(41)51(48(47)49(40)56-50,37-17-9-5-10-18-37)38-19-11-6-12-20-38/h4-28,33-34H,29-32H2,1-3H3. The predicted molar refractivity (Wildman–Crippen MR) is 228 cm³/mol. The molecule has 5 nitrogen and oxygen atoms in total. The van der Waals surface area contributed by atoms with Crippen molar-refractivity contribution in [2.45, 2.75) is 11.0 Å². The summed E-state index contributed by atoms with van der Waals surface area (Å²) in [5.74, 6) is 1.72. The highest BCUT2D eigenvalue weighted by Gasteiger charge is 2.51. The Kier molecular flexibility index (Phi) is 8.23. The van der Waals surface area contributed by atoms with Crippen LogP contribution in [0.3, 0.4) is 0 Å². The Morgan fingerprint density at radius 1 is 0.643 bits per heavy atom. The van der Waals surface area contributed by atoms with Crippen LogP contribution in [0.5, 0.6) is 11.5 Å². The first kappa shape index (κ1) is 34.2. The van der Waals surface area contributed by atoms with Crippen LogP contribution in [0.2, 0.25) is 0 Å². The van der Waals surface area contributed by atoms with Crippen molar-refractivity contribution in [3.63, 3.8) is 0 Å². The molecule has 1 aliphatic carbocycles. The molecule has 2 heterocycles. The molecule has 0 bridgehead atoms. The SMILES string of the molecule is COc1cc2c3c(c4c(c2cc1N1CCOCC1)-c1ccccc1C4(c1ccccc1)c1ccccc1)OC(c1ccccc1)(c1ccc(N(C)C)cc1)C=C3. The first-order valence-electron chi connectivity index (χ1n) is 19.5. The molecule has 0 N–H and O–H groups in total. The van der Waals surface area contributed by atoms with E-state index in [9.17, 15) is 0 Å². The monoisotopic (exact) mass is 732 g/mol. The minimum Gasteiger partial charge on any atom is -0.495 e. The van der Waals surface area contributed by atoms with Gasteiger partial charge < -0.3 is 24.0 Å². The fourth-order valence-corrected chi connectivity index (χ4v) is 9.50.